The Morgan fingerprint density at radius 3 is 1.61 bits per heavy atom. The van der Waals surface area contributed by atoms with Crippen molar-refractivity contribution < 1.29 is 42.7 Å². The zero-order valence-electron chi connectivity index (χ0n) is 43.4. The topological polar surface area (TPSA) is 163 Å². The quantitative estimate of drug-likeness (QED) is 0.0975. The molecule has 0 radical (unpaired) electrons. The number of hydrogen-bond acceptors (Lipinski definition) is 13. The first-order chi connectivity index (χ1) is 35.8. The van der Waals surface area contributed by atoms with Gasteiger partial charge < -0.3 is 42.9 Å². The first-order valence-electron chi connectivity index (χ1n) is 25.9. The van der Waals surface area contributed by atoms with Crippen LogP contribution < -0.4 is 9.64 Å². The molecular weight excluding hydrogens is 1060 g/mol. The Hall–Kier alpha value is -4.61. The van der Waals surface area contributed by atoms with E-state index in [1.54, 1.807) is 29.2 Å². The van der Waals surface area contributed by atoms with E-state index in [1.165, 1.54) is 11.3 Å². The highest BCUT2D eigenvalue weighted by molar-refractivity contribution is 7.22. The number of carboxylic acid groups (broad SMARTS) is 1. The zero-order valence-corrected chi connectivity index (χ0v) is 47.3. The van der Waals surface area contributed by atoms with Gasteiger partial charge in [0.05, 0.1) is 61.9 Å². The van der Waals surface area contributed by atoms with Crippen molar-refractivity contribution in [2.24, 2.45) is 0 Å². The minimum atomic E-state index is -0.982. The smallest absolute Gasteiger partial charge is 0.410 e. The molecule has 6 aromatic rings. The van der Waals surface area contributed by atoms with E-state index in [9.17, 15) is 14.7 Å². The summed E-state index contributed by atoms with van der Waals surface area (Å²) in [6.45, 7) is 10.3. The van der Waals surface area contributed by atoms with Gasteiger partial charge in [-0.15, -0.1) is 0 Å². The number of aromatic carboxylic acids is 1. The van der Waals surface area contributed by atoms with Crippen LogP contribution in [0.5, 0.6) is 5.75 Å². The molecule has 4 aliphatic rings. The largest absolute Gasteiger partial charge is 0.489 e. The summed E-state index contributed by atoms with van der Waals surface area (Å²) in [6.07, 6.45) is 11.5. The second-order valence-corrected chi connectivity index (χ2v) is 24.1. The van der Waals surface area contributed by atoms with E-state index < -0.39 is 11.6 Å². The number of rotatable bonds is 16. The van der Waals surface area contributed by atoms with Crippen molar-refractivity contribution in [2.45, 2.75) is 173 Å². The third-order valence-corrected chi connectivity index (χ3v) is 16.6. The number of carbonyl (C=O) groups excluding carboxylic acids is 1. The molecule has 14 nitrogen and oxygen atoms in total. The first kappa shape index (κ1) is 55.2. The number of anilines is 1. The SMILES string of the molecule is CC(C)Oc1cc(C(=O)O)cc2sc(N(C)C3CCC(OCc4c(-c5c(Cl)cccc5Cl)noc4C4CC4)CC3)nc12.CN(C(=O)OC(C)(C)C)C1CCC(OCc2c(-c3c(Cl)cccc3Cl)noc2C2CC2)CC1. The van der Waals surface area contributed by atoms with Crippen LogP contribution in [-0.4, -0.2) is 87.5 Å². The molecule has 0 unspecified atom stereocenters. The van der Waals surface area contributed by atoms with Gasteiger partial charge in [0.25, 0.3) is 0 Å². The maximum Gasteiger partial charge on any atom is 0.410 e. The molecular formula is C56H65Cl4N5O9S. The molecule has 75 heavy (non-hydrogen) atoms. The summed E-state index contributed by atoms with van der Waals surface area (Å²) < 4.78 is 36.6. The normalized spacial score (nSPS) is 19.9. The molecule has 0 saturated heterocycles. The fraction of sp³-hybridized carbons (Fsp3) is 0.518. The number of halogens is 4. The van der Waals surface area contributed by atoms with Crippen LogP contribution in [0.2, 0.25) is 20.1 Å². The summed E-state index contributed by atoms with van der Waals surface area (Å²) in [5, 5.41) is 21.3. The molecule has 4 fully saturated rings. The molecule has 0 bridgehead atoms. The molecule has 0 atom stereocenters. The lowest BCUT2D eigenvalue weighted by Gasteiger charge is -2.35. The second kappa shape index (κ2) is 23.6. The van der Waals surface area contributed by atoms with Crippen LogP contribution in [0, 0.1) is 0 Å². The fourth-order valence-corrected chi connectivity index (χ4v) is 12.1. The van der Waals surface area contributed by atoms with Crippen LogP contribution in [0.1, 0.15) is 157 Å². The van der Waals surface area contributed by atoms with Gasteiger partial charge >= 0.3 is 12.1 Å². The van der Waals surface area contributed by atoms with Gasteiger partial charge in [0, 0.05) is 60.3 Å². The molecule has 1 amide bonds. The highest BCUT2D eigenvalue weighted by Gasteiger charge is 2.37. The van der Waals surface area contributed by atoms with Crippen molar-refractivity contribution in [1.29, 1.82) is 0 Å². The van der Waals surface area contributed by atoms with Gasteiger partial charge in [-0.25, -0.2) is 14.6 Å². The third-order valence-electron chi connectivity index (χ3n) is 14.3. The molecule has 0 aliphatic heterocycles. The summed E-state index contributed by atoms with van der Waals surface area (Å²) in [6, 6.07) is 14.6. The van der Waals surface area contributed by atoms with Crippen LogP contribution in [0.15, 0.2) is 57.6 Å². The molecule has 0 spiro atoms. The Morgan fingerprint density at radius 2 is 1.19 bits per heavy atom. The first-order valence-corrected chi connectivity index (χ1v) is 28.3. The number of carbonyl (C=O) groups is 2. The highest BCUT2D eigenvalue weighted by atomic mass is 35.5. The predicted octanol–water partition coefficient (Wildman–Crippen LogP) is 15.8. The van der Waals surface area contributed by atoms with E-state index in [1.807, 2.05) is 65.9 Å². The molecule has 19 heteroatoms. The predicted molar refractivity (Wildman–Crippen MR) is 294 cm³/mol. The van der Waals surface area contributed by atoms with Crippen LogP contribution >= 0.6 is 57.7 Å². The van der Waals surface area contributed by atoms with Crippen molar-refractivity contribution in [1.82, 2.24) is 20.2 Å². The summed E-state index contributed by atoms with van der Waals surface area (Å²) in [7, 11) is 3.88. The van der Waals surface area contributed by atoms with E-state index in [4.69, 9.17) is 79.4 Å². The number of nitrogens with zero attached hydrogens (tertiary/aromatic N) is 5. The van der Waals surface area contributed by atoms with Gasteiger partial charge in [-0.2, -0.15) is 0 Å². The lowest BCUT2D eigenvalue weighted by Crippen LogP contribution is -2.43. The number of benzene rings is 3. The van der Waals surface area contributed by atoms with Crippen molar-refractivity contribution in [3.05, 3.63) is 96.8 Å². The highest BCUT2D eigenvalue weighted by Crippen LogP contribution is 2.48. The Balaban J connectivity index is 0.000000189. The van der Waals surface area contributed by atoms with Gasteiger partial charge in [-0.3, -0.25) is 0 Å². The summed E-state index contributed by atoms with van der Waals surface area (Å²) in [5.74, 6) is 2.07. The average Bonchev–Trinajstić information content (AvgIpc) is 4.28. The van der Waals surface area contributed by atoms with Gasteiger partial charge in [0.1, 0.15) is 39.8 Å². The molecule has 4 saturated carbocycles. The second-order valence-electron chi connectivity index (χ2n) is 21.5. The van der Waals surface area contributed by atoms with E-state index in [-0.39, 0.29) is 36.0 Å². The number of hydrogen-bond donors (Lipinski definition) is 1. The van der Waals surface area contributed by atoms with Crippen molar-refractivity contribution in [3.8, 4) is 28.3 Å². The van der Waals surface area contributed by atoms with Crippen molar-refractivity contribution in [3.63, 3.8) is 0 Å². The minimum Gasteiger partial charge on any atom is -0.489 e. The Labute approximate surface area is 462 Å². The van der Waals surface area contributed by atoms with E-state index in [0.29, 0.717) is 85.0 Å². The lowest BCUT2D eigenvalue weighted by molar-refractivity contribution is -0.0109. The van der Waals surface area contributed by atoms with Crippen molar-refractivity contribution >= 4 is 85.2 Å². The summed E-state index contributed by atoms with van der Waals surface area (Å²) in [5.41, 5.74) is 5.02. The summed E-state index contributed by atoms with van der Waals surface area (Å²) in [4.78, 5) is 32.9. The van der Waals surface area contributed by atoms with Gasteiger partial charge in [-0.05, 0) is 148 Å². The average molecular weight is 1130 g/mol. The standard InChI is InChI=1S/C31H33Cl2N3O5S.C25H32Cl2N2O4/c1-16(2)40-24-13-18(30(37)38)14-25-28(24)34-31(42-25)36(3)19-9-11-20(12-10-19)39-15-21-27(35-41-29(21)17-7-8-17)26-22(32)5-4-6-23(26)33;1-25(2,3)32-24(30)29(4)16-10-12-17(13-11-16)31-14-18-22(28-33-23(18)15-8-9-15)21-19(26)6-5-7-20(21)27/h4-6,13-14,16-17,19-20H,7-12,15H2,1-3H3,(H,37,38);5-7,15-17H,8-14H2,1-4H3. The third kappa shape index (κ3) is 13.2. The van der Waals surface area contributed by atoms with Crippen LogP contribution in [0.3, 0.4) is 0 Å². The summed E-state index contributed by atoms with van der Waals surface area (Å²) >= 11 is 27.4. The molecule has 402 valence electrons. The molecule has 10 rings (SSSR count). The van der Waals surface area contributed by atoms with E-state index in [2.05, 4.69) is 22.3 Å². The number of aromatic nitrogens is 3. The monoisotopic (exact) mass is 1120 g/mol. The van der Waals surface area contributed by atoms with Gasteiger partial charge in [0.15, 0.2) is 5.13 Å². The number of thiazole rings is 1. The number of carboxylic acids is 1. The molecule has 1 N–H and O–H groups in total. The minimum absolute atomic E-state index is 0.0914. The molecule has 3 aromatic carbocycles. The molecule has 3 aromatic heterocycles. The Kier molecular flexibility index (Phi) is 17.3. The number of ether oxygens (including phenoxy) is 4. The van der Waals surface area contributed by atoms with Crippen LogP contribution in [-0.2, 0) is 27.4 Å². The van der Waals surface area contributed by atoms with Gasteiger partial charge in [-0.1, -0.05) is 80.2 Å². The van der Waals surface area contributed by atoms with Crippen molar-refractivity contribution in [2.75, 3.05) is 19.0 Å². The van der Waals surface area contributed by atoms with Gasteiger partial charge in [0.2, 0.25) is 0 Å². The zero-order chi connectivity index (χ0) is 53.3. The van der Waals surface area contributed by atoms with E-state index in [0.717, 1.165) is 110 Å². The Morgan fingerprint density at radius 1 is 0.720 bits per heavy atom. The fourth-order valence-electron chi connectivity index (χ4n) is 9.94. The maximum atomic E-state index is 12.4. The number of fused-ring (bicyclic) bond motifs is 1. The molecule has 3 heterocycles. The lowest BCUT2D eigenvalue weighted by atomic mass is 9.92. The van der Waals surface area contributed by atoms with Crippen LogP contribution in [0.25, 0.3) is 32.7 Å². The Bertz CT molecular complexity index is 2940. The molecule has 4 aliphatic carbocycles. The maximum absolute atomic E-state index is 12.4. The number of amides is 1. The van der Waals surface area contributed by atoms with Crippen LogP contribution in [0.4, 0.5) is 9.93 Å². The van der Waals surface area contributed by atoms with E-state index >= 15 is 0 Å².